The maximum atomic E-state index is 13.6. The van der Waals surface area contributed by atoms with Gasteiger partial charge in [-0.05, 0) is 111 Å². The van der Waals surface area contributed by atoms with Gasteiger partial charge in [-0.1, -0.05) is 231 Å². The monoisotopic (exact) mass is 1080 g/mol. The Balaban J connectivity index is 1.53. The second-order valence-corrected chi connectivity index (χ2v) is 21.5. The zero-order valence-electron chi connectivity index (χ0n) is 49.7. The van der Waals surface area contributed by atoms with Gasteiger partial charge < -0.3 is 28.4 Å². The summed E-state index contributed by atoms with van der Waals surface area (Å²) in [4.78, 5) is 40.2. The lowest BCUT2D eigenvalue weighted by molar-refractivity contribution is -0.161. The average molecular weight is 1080 g/mol. The van der Waals surface area contributed by atoms with E-state index in [1.165, 1.54) is 167 Å². The highest BCUT2D eigenvalue weighted by atomic mass is 16.6. The molecule has 9 heteroatoms. The summed E-state index contributed by atoms with van der Waals surface area (Å²) in [6.07, 6.45) is 42.4. The van der Waals surface area contributed by atoms with E-state index >= 15 is 0 Å². The summed E-state index contributed by atoms with van der Waals surface area (Å²) in [6, 6.07) is 22.8. The largest absolute Gasteiger partial charge is 0.494 e. The lowest BCUT2D eigenvalue weighted by Crippen LogP contribution is -2.31. The van der Waals surface area contributed by atoms with Crippen molar-refractivity contribution in [2.24, 2.45) is 0 Å². The number of esters is 3. The van der Waals surface area contributed by atoms with Gasteiger partial charge >= 0.3 is 17.9 Å². The number of carbonyl (C=O) groups excluding carboxylic acids is 3. The molecule has 0 saturated heterocycles. The molecule has 3 aromatic carbocycles. The first-order chi connectivity index (χ1) is 38.1. The Morgan fingerprint density at radius 1 is 0.333 bits per heavy atom. The summed E-state index contributed by atoms with van der Waals surface area (Å²) in [5, 5.41) is 0. The molecule has 3 aromatic rings. The van der Waals surface area contributed by atoms with Gasteiger partial charge in [-0.15, -0.1) is 0 Å². The van der Waals surface area contributed by atoms with Crippen molar-refractivity contribution in [3.63, 3.8) is 0 Å². The summed E-state index contributed by atoms with van der Waals surface area (Å²) < 4.78 is 35.2. The van der Waals surface area contributed by atoms with Crippen LogP contribution in [0.4, 0.5) is 0 Å². The van der Waals surface area contributed by atoms with Crippen molar-refractivity contribution < 1.29 is 42.8 Å². The minimum absolute atomic E-state index is 0.323. The fourth-order valence-corrected chi connectivity index (χ4v) is 9.17. The van der Waals surface area contributed by atoms with Crippen molar-refractivity contribution in [2.75, 3.05) is 33.0 Å². The van der Waals surface area contributed by atoms with Crippen molar-refractivity contribution in [2.45, 2.75) is 240 Å². The highest BCUT2D eigenvalue weighted by Gasteiger charge is 2.22. The Kier molecular flexibility index (Phi) is 38.2. The quantitative estimate of drug-likeness (QED) is 0.0237. The highest BCUT2D eigenvalue weighted by molar-refractivity contribution is 5.94. The molecule has 0 amide bonds. The molecular weight excluding hydrogens is 973 g/mol. The lowest BCUT2D eigenvalue weighted by Gasteiger charge is -2.18. The Labute approximate surface area is 473 Å². The molecule has 0 atom stereocenters. The summed E-state index contributed by atoms with van der Waals surface area (Å²) in [5.74, 6) is 0.559. The molecule has 0 radical (unpaired) electrons. The van der Waals surface area contributed by atoms with Crippen LogP contribution in [0.15, 0.2) is 89.5 Å². The second-order valence-electron chi connectivity index (χ2n) is 21.5. The van der Waals surface area contributed by atoms with Crippen LogP contribution in [0.5, 0.6) is 17.2 Å². The molecule has 0 aromatic heterocycles. The van der Waals surface area contributed by atoms with Gasteiger partial charge in [0, 0.05) is 16.7 Å². The number of benzene rings is 3. The predicted octanol–water partition coefficient (Wildman–Crippen LogP) is 19.2. The molecule has 0 aliphatic carbocycles. The van der Waals surface area contributed by atoms with E-state index in [1.807, 2.05) is 72.8 Å². The number of rotatable bonds is 47. The number of carbonyl (C=O) groups is 3. The Morgan fingerprint density at radius 2 is 0.564 bits per heavy atom. The molecule has 78 heavy (non-hydrogen) atoms. The highest BCUT2D eigenvalue weighted by Crippen LogP contribution is 2.21. The Morgan fingerprint density at radius 3 is 0.821 bits per heavy atom. The maximum Gasteiger partial charge on any atom is 0.334 e. The van der Waals surface area contributed by atoms with Crippen molar-refractivity contribution in [3.8, 4) is 17.2 Å². The first kappa shape index (κ1) is 67.0. The van der Waals surface area contributed by atoms with Crippen LogP contribution < -0.4 is 14.2 Å². The van der Waals surface area contributed by atoms with Gasteiger partial charge in [-0.25, -0.2) is 14.4 Å². The van der Waals surface area contributed by atoms with Gasteiger partial charge in [0.1, 0.15) is 30.5 Å². The molecule has 0 N–H and O–H groups in total. The van der Waals surface area contributed by atoms with E-state index in [-0.39, 0.29) is 13.2 Å². The molecule has 0 fully saturated rings. The molecule has 0 aliphatic rings. The second kappa shape index (κ2) is 44.5. The molecular formula is C69H104O9. The third-order valence-corrected chi connectivity index (χ3v) is 14.1. The molecule has 0 aliphatic heterocycles. The number of unbranched alkanes of at least 4 members (excludes halogenated alkanes) is 27. The third-order valence-electron chi connectivity index (χ3n) is 14.1. The van der Waals surface area contributed by atoms with E-state index in [1.54, 1.807) is 39.0 Å². The van der Waals surface area contributed by atoms with Crippen LogP contribution in [0.3, 0.4) is 0 Å². The van der Waals surface area contributed by atoms with Crippen molar-refractivity contribution in [1.29, 1.82) is 0 Å². The lowest BCUT2D eigenvalue weighted by atomic mass is 10.1. The van der Waals surface area contributed by atoms with Gasteiger partial charge in [0.2, 0.25) is 0 Å². The fraction of sp³-hybridized carbons (Fsp3) is 0.609. The van der Waals surface area contributed by atoms with Crippen LogP contribution in [-0.2, 0) is 28.6 Å². The fourth-order valence-electron chi connectivity index (χ4n) is 9.17. The van der Waals surface area contributed by atoms with E-state index in [0.29, 0.717) is 36.5 Å². The van der Waals surface area contributed by atoms with E-state index in [9.17, 15) is 14.4 Å². The van der Waals surface area contributed by atoms with E-state index in [0.717, 1.165) is 59.6 Å². The van der Waals surface area contributed by atoms with Crippen LogP contribution >= 0.6 is 0 Å². The van der Waals surface area contributed by atoms with Gasteiger partial charge in [0.25, 0.3) is 0 Å². The van der Waals surface area contributed by atoms with Crippen LogP contribution in [0, 0.1) is 0 Å². The maximum absolute atomic E-state index is 13.6. The van der Waals surface area contributed by atoms with Crippen molar-refractivity contribution >= 4 is 36.1 Å². The summed E-state index contributed by atoms with van der Waals surface area (Å²) in [7, 11) is 0. The molecule has 434 valence electrons. The summed E-state index contributed by atoms with van der Waals surface area (Å²) in [5.41, 5.74) is 3.48. The zero-order valence-corrected chi connectivity index (χ0v) is 49.7. The molecule has 0 saturated carbocycles. The Hall–Kier alpha value is -5.31. The van der Waals surface area contributed by atoms with Crippen molar-refractivity contribution in [3.05, 3.63) is 106 Å². The average Bonchev–Trinajstić information content (AvgIpc) is 3.44. The first-order valence-electron chi connectivity index (χ1n) is 30.9. The molecule has 0 bridgehead atoms. The van der Waals surface area contributed by atoms with Gasteiger partial charge in [0.15, 0.2) is 6.10 Å². The first-order valence-corrected chi connectivity index (χ1v) is 30.9. The van der Waals surface area contributed by atoms with Gasteiger partial charge in [0.05, 0.1) is 19.8 Å². The molecule has 9 nitrogen and oxygen atoms in total. The molecule has 0 heterocycles. The summed E-state index contributed by atoms with van der Waals surface area (Å²) in [6.45, 7) is 13.1. The molecule has 3 rings (SSSR count). The topological polar surface area (TPSA) is 107 Å². The summed E-state index contributed by atoms with van der Waals surface area (Å²) >= 11 is 0. The zero-order chi connectivity index (χ0) is 56.1. The van der Waals surface area contributed by atoms with Crippen molar-refractivity contribution in [1.82, 2.24) is 0 Å². The number of ether oxygens (including phenoxy) is 6. The van der Waals surface area contributed by atoms with Crippen LogP contribution in [0.1, 0.15) is 251 Å². The van der Waals surface area contributed by atoms with Crippen LogP contribution in [-0.4, -0.2) is 57.0 Å². The normalized spacial score (nSPS) is 12.3. The Bertz CT molecular complexity index is 2000. The van der Waals surface area contributed by atoms with E-state index in [4.69, 9.17) is 28.4 Å². The minimum Gasteiger partial charge on any atom is -0.494 e. The number of hydrogen-bond donors (Lipinski definition) is 0. The number of hydrogen-bond acceptors (Lipinski definition) is 9. The predicted molar refractivity (Wildman–Crippen MR) is 324 cm³/mol. The molecule has 0 unspecified atom stereocenters. The SMILES string of the molecule is CCCCCCCCCCCCOc1ccc(/C=C(\C)C(=O)OCC(COC(=O)/C(C)=C/c2ccc(OCCCCCCCCCCCC)cc2)OC(=O)/C(C)=C/c2ccc(OCCCCCCCCCCCC)cc2)cc1. The third kappa shape index (κ3) is 33.2. The molecule has 0 spiro atoms. The minimum atomic E-state index is -1.07. The van der Waals surface area contributed by atoms with Crippen LogP contribution in [0.25, 0.3) is 18.2 Å². The van der Waals surface area contributed by atoms with Gasteiger partial charge in [-0.2, -0.15) is 0 Å². The standard InChI is InChI=1S/C69H104O9/c1-7-10-13-16-19-22-25-28-31-34-49-73-63-43-37-60(38-44-63)52-57(4)67(70)76-55-66(78-69(72)59(6)54-62-41-47-65(48-42-62)75-51-36-33-30-27-24-21-18-15-12-9-3)56-77-68(71)58(5)53-61-39-45-64(46-40-61)74-50-35-32-29-26-23-20-17-14-11-8-2/h37-48,52-54,66H,7-36,49-51,55-56H2,1-6H3/b57-52+,58-53+,59-54+. The smallest absolute Gasteiger partial charge is 0.334 e. The van der Waals surface area contributed by atoms with Gasteiger partial charge in [-0.3, -0.25) is 0 Å². The van der Waals surface area contributed by atoms with E-state index < -0.39 is 24.0 Å². The van der Waals surface area contributed by atoms with Crippen LogP contribution in [0.2, 0.25) is 0 Å². The van der Waals surface area contributed by atoms with E-state index in [2.05, 4.69) is 20.8 Å².